The lowest BCUT2D eigenvalue weighted by atomic mass is 10.1. The standard InChI is InChI=1S/C17H29N3/c1-12(2)10-18-11-16-8-9-17(19-13(16)3)20(5)14(4)15-6-7-15/h8-9,12,14-15,18H,6-7,10-11H2,1-5H3. The predicted molar refractivity (Wildman–Crippen MR) is 86.1 cm³/mol. The Balaban J connectivity index is 1.97. The second kappa shape index (κ2) is 6.57. The third-order valence-electron chi connectivity index (χ3n) is 4.33. The third-order valence-corrected chi connectivity index (χ3v) is 4.33. The highest BCUT2D eigenvalue weighted by Crippen LogP contribution is 2.35. The van der Waals surface area contributed by atoms with Gasteiger partial charge in [0, 0.05) is 25.3 Å². The maximum Gasteiger partial charge on any atom is 0.128 e. The van der Waals surface area contributed by atoms with Crippen LogP contribution in [0.25, 0.3) is 0 Å². The highest BCUT2D eigenvalue weighted by Gasteiger charge is 2.31. The Morgan fingerprint density at radius 2 is 2.00 bits per heavy atom. The minimum atomic E-state index is 0.604. The van der Waals surface area contributed by atoms with E-state index in [0.717, 1.165) is 30.5 Å². The van der Waals surface area contributed by atoms with Gasteiger partial charge in [0.15, 0.2) is 0 Å². The number of hydrogen-bond acceptors (Lipinski definition) is 3. The molecule has 0 aromatic carbocycles. The van der Waals surface area contributed by atoms with Gasteiger partial charge in [-0.15, -0.1) is 0 Å². The molecule has 0 bridgehead atoms. The normalized spacial score (nSPS) is 16.5. The van der Waals surface area contributed by atoms with E-state index >= 15 is 0 Å². The second-order valence-electron chi connectivity index (χ2n) is 6.63. The highest BCUT2D eigenvalue weighted by molar-refractivity contribution is 5.42. The van der Waals surface area contributed by atoms with Crippen molar-refractivity contribution >= 4 is 5.82 Å². The first-order valence-electron chi connectivity index (χ1n) is 7.89. The van der Waals surface area contributed by atoms with Crippen molar-refractivity contribution in [3.63, 3.8) is 0 Å². The highest BCUT2D eigenvalue weighted by atomic mass is 15.2. The molecule has 3 nitrogen and oxygen atoms in total. The van der Waals surface area contributed by atoms with Crippen LogP contribution in [0.15, 0.2) is 12.1 Å². The monoisotopic (exact) mass is 275 g/mol. The first-order chi connectivity index (χ1) is 9.49. The summed E-state index contributed by atoms with van der Waals surface area (Å²) in [5.41, 5.74) is 2.45. The Morgan fingerprint density at radius 3 is 2.55 bits per heavy atom. The van der Waals surface area contributed by atoms with Gasteiger partial charge in [0.1, 0.15) is 5.82 Å². The van der Waals surface area contributed by atoms with Crippen molar-refractivity contribution in [2.24, 2.45) is 11.8 Å². The summed E-state index contributed by atoms with van der Waals surface area (Å²) in [5, 5.41) is 3.49. The summed E-state index contributed by atoms with van der Waals surface area (Å²) in [6.07, 6.45) is 2.75. The fourth-order valence-corrected chi connectivity index (χ4v) is 2.56. The maximum atomic E-state index is 4.79. The van der Waals surface area contributed by atoms with Gasteiger partial charge < -0.3 is 10.2 Å². The number of aryl methyl sites for hydroxylation is 1. The predicted octanol–water partition coefficient (Wildman–Crippen LogP) is 3.37. The molecule has 0 saturated heterocycles. The van der Waals surface area contributed by atoms with E-state index in [1.807, 2.05) is 0 Å². The number of hydrogen-bond donors (Lipinski definition) is 1. The summed E-state index contributed by atoms with van der Waals surface area (Å²) in [6.45, 7) is 10.9. The number of aromatic nitrogens is 1. The second-order valence-corrected chi connectivity index (χ2v) is 6.63. The minimum Gasteiger partial charge on any atom is -0.357 e. The molecule has 1 atom stereocenters. The van der Waals surface area contributed by atoms with Crippen molar-refractivity contribution < 1.29 is 0 Å². The quantitative estimate of drug-likeness (QED) is 0.827. The number of pyridine rings is 1. The summed E-state index contributed by atoms with van der Waals surface area (Å²) >= 11 is 0. The first-order valence-corrected chi connectivity index (χ1v) is 7.89. The van der Waals surface area contributed by atoms with Gasteiger partial charge in [0.2, 0.25) is 0 Å². The van der Waals surface area contributed by atoms with Crippen LogP contribution in [0.4, 0.5) is 5.82 Å². The van der Waals surface area contributed by atoms with Crippen molar-refractivity contribution in [1.29, 1.82) is 0 Å². The molecule has 1 heterocycles. The van der Waals surface area contributed by atoms with Gasteiger partial charge in [0.25, 0.3) is 0 Å². The lowest BCUT2D eigenvalue weighted by Crippen LogP contribution is -2.31. The average molecular weight is 275 g/mol. The molecule has 1 aromatic heterocycles. The zero-order chi connectivity index (χ0) is 14.7. The molecule has 1 aliphatic rings. The first kappa shape index (κ1) is 15.3. The Morgan fingerprint density at radius 1 is 1.30 bits per heavy atom. The van der Waals surface area contributed by atoms with Crippen LogP contribution in [0.1, 0.15) is 44.9 Å². The topological polar surface area (TPSA) is 28.2 Å². The van der Waals surface area contributed by atoms with E-state index in [4.69, 9.17) is 4.98 Å². The zero-order valence-electron chi connectivity index (χ0n) is 13.6. The van der Waals surface area contributed by atoms with Crippen LogP contribution >= 0.6 is 0 Å². The molecular formula is C17H29N3. The van der Waals surface area contributed by atoms with Crippen LogP contribution in [0.2, 0.25) is 0 Å². The fraction of sp³-hybridized carbons (Fsp3) is 0.706. The van der Waals surface area contributed by atoms with Crippen molar-refractivity contribution in [3.8, 4) is 0 Å². The molecule has 0 radical (unpaired) electrons. The van der Waals surface area contributed by atoms with Gasteiger partial charge in [-0.1, -0.05) is 19.9 Å². The minimum absolute atomic E-state index is 0.604. The smallest absolute Gasteiger partial charge is 0.128 e. The summed E-state index contributed by atoms with van der Waals surface area (Å²) in [4.78, 5) is 7.12. The lowest BCUT2D eigenvalue weighted by Gasteiger charge is -2.26. The molecule has 0 amide bonds. The molecule has 1 fully saturated rings. The van der Waals surface area contributed by atoms with Gasteiger partial charge in [-0.3, -0.25) is 0 Å². The van der Waals surface area contributed by atoms with Crippen LogP contribution < -0.4 is 10.2 Å². The van der Waals surface area contributed by atoms with Gasteiger partial charge in [0.05, 0.1) is 0 Å². The molecule has 1 N–H and O–H groups in total. The molecule has 112 valence electrons. The summed E-state index contributed by atoms with van der Waals surface area (Å²) in [5.74, 6) is 2.66. The number of nitrogens with zero attached hydrogens (tertiary/aromatic N) is 2. The van der Waals surface area contributed by atoms with Gasteiger partial charge >= 0.3 is 0 Å². The molecule has 1 unspecified atom stereocenters. The SMILES string of the molecule is Cc1nc(N(C)C(C)C2CC2)ccc1CNCC(C)C. The molecule has 3 heteroatoms. The van der Waals surface area contributed by atoms with Gasteiger partial charge in [-0.25, -0.2) is 4.98 Å². The van der Waals surface area contributed by atoms with E-state index in [9.17, 15) is 0 Å². The van der Waals surface area contributed by atoms with Crippen molar-refractivity contribution in [3.05, 3.63) is 23.4 Å². The number of anilines is 1. The molecule has 1 aliphatic carbocycles. The Kier molecular flexibility index (Phi) is 5.03. The van der Waals surface area contributed by atoms with Crippen molar-refractivity contribution in [2.45, 2.75) is 53.1 Å². The number of rotatable bonds is 7. The van der Waals surface area contributed by atoms with E-state index in [2.05, 4.69) is 57.1 Å². The van der Waals surface area contributed by atoms with Crippen LogP contribution in [0.5, 0.6) is 0 Å². The Labute approximate surface area is 123 Å². The fourth-order valence-electron chi connectivity index (χ4n) is 2.56. The summed E-state index contributed by atoms with van der Waals surface area (Å²) in [7, 11) is 2.17. The molecule has 1 saturated carbocycles. The molecule has 20 heavy (non-hydrogen) atoms. The van der Waals surface area contributed by atoms with Gasteiger partial charge in [-0.05, 0) is 56.7 Å². The average Bonchev–Trinajstić information content (AvgIpc) is 3.23. The van der Waals surface area contributed by atoms with Crippen LogP contribution in [0.3, 0.4) is 0 Å². The van der Waals surface area contributed by atoms with Gasteiger partial charge in [-0.2, -0.15) is 0 Å². The largest absolute Gasteiger partial charge is 0.357 e. The molecule has 0 aliphatic heterocycles. The van der Waals surface area contributed by atoms with Crippen LogP contribution in [-0.4, -0.2) is 24.6 Å². The van der Waals surface area contributed by atoms with E-state index in [0.29, 0.717) is 12.0 Å². The molecule has 0 spiro atoms. The zero-order valence-corrected chi connectivity index (χ0v) is 13.6. The maximum absolute atomic E-state index is 4.79. The Bertz CT molecular complexity index is 438. The van der Waals surface area contributed by atoms with E-state index in [-0.39, 0.29) is 0 Å². The van der Waals surface area contributed by atoms with E-state index in [1.165, 1.54) is 18.4 Å². The summed E-state index contributed by atoms with van der Waals surface area (Å²) in [6, 6.07) is 4.99. The van der Waals surface area contributed by atoms with Crippen LogP contribution in [-0.2, 0) is 6.54 Å². The number of nitrogens with one attached hydrogen (secondary N) is 1. The van der Waals surface area contributed by atoms with Crippen LogP contribution in [0, 0.1) is 18.8 Å². The Hall–Kier alpha value is -1.09. The molecule has 1 aromatic rings. The van der Waals surface area contributed by atoms with E-state index in [1.54, 1.807) is 0 Å². The van der Waals surface area contributed by atoms with E-state index < -0.39 is 0 Å². The summed E-state index contributed by atoms with van der Waals surface area (Å²) < 4.78 is 0. The third kappa shape index (κ3) is 3.95. The van der Waals surface area contributed by atoms with Crippen molar-refractivity contribution in [2.75, 3.05) is 18.5 Å². The lowest BCUT2D eigenvalue weighted by molar-refractivity contribution is 0.550. The molecular weight excluding hydrogens is 246 g/mol. The van der Waals surface area contributed by atoms with Crippen molar-refractivity contribution in [1.82, 2.24) is 10.3 Å². The molecule has 2 rings (SSSR count).